The third-order valence-corrected chi connectivity index (χ3v) is 5.49. The summed E-state index contributed by atoms with van der Waals surface area (Å²) in [6.45, 7) is 0. The van der Waals surface area contributed by atoms with E-state index in [1.807, 2.05) is 0 Å². The van der Waals surface area contributed by atoms with Gasteiger partial charge in [-0.1, -0.05) is 35.2 Å². The van der Waals surface area contributed by atoms with Crippen LogP contribution in [0.3, 0.4) is 0 Å². The minimum absolute atomic E-state index is 0.00545. The molecule has 28 heavy (non-hydrogen) atoms. The second-order valence-electron chi connectivity index (χ2n) is 5.40. The van der Waals surface area contributed by atoms with Gasteiger partial charge in [0, 0.05) is 5.56 Å². The first-order chi connectivity index (χ1) is 13.4. The van der Waals surface area contributed by atoms with E-state index in [-0.39, 0.29) is 27.8 Å². The number of benzene rings is 2. The van der Waals surface area contributed by atoms with Gasteiger partial charge >= 0.3 is 5.97 Å². The van der Waals surface area contributed by atoms with Crippen LogP contribution in [-0.4, -0.2) is 38.7 Å². The van der Waals surface area contributed by atoms with E-state index in [2.05, 4.69) is 15.5 Å². The van der Waals surface area contributed by atoms with Crippen molar-refractivity contribution in [3.63, 3.8) is 0 Å². The molecule has 0 bridgehead atoms. The van der Waals surface area contributed by atoms with Crippen LogP contribution in [0.15, 0.2) is 52.9 Å². The van der Waals surface area contributed by atoms with Crippen LogP contribution in [0.1, 0.15) is 31.1 Å². The molecule has 0 spiro atoms. The number of hydrogen-bond acceptors (Lipinski definition) is 7. The molecular formula is C18H12FN3O4S2. The summed E-state index contributed by atoms with van der Waals surface area (Å²) in [5, 5.41) is 19.6. The maximum Gasteiger partial charge on any atom is 0.336 e. The van der Waals surface area contributed by atoms with Crippen LogP contribution in [0.2, 0.25) is 0 Å². The van der Waals surface area contributed by atoms with Gasteiger partial charge in [0.15, 0.2) is 10.1 Å². The molecule has 2 N–H and O–H groups in total. The fraction of sp³-hybridized carbons (Fsp3) is 0.0556. The van der Waals surface area contributed by atoms with Gasteiger partial charge in [-0.05, 0) is 36.4 Å². The number of aromatic nitrogens is 2. The van der Waals surface area contributed by atoms with Crippen LogP contribution < -0.4 is 5.32 Å². The Balaban J connectivity index is 1.61. The number of nitrogens with one attached hydrogen (secondary N) is 1. The second-order valence-corrected chi connectivity index (χ2v) is 7.60. The lowest BCUT2D eigenvalue weighted by atomic mass is 10.1. The van der Waals surface area contributed by atoms with Gasteiger partial charge < -0.3 is 5.11 Å². The number of Topliss-reactive ketones (excluding diaryl/α,β-unsaturated/α-hetero) is 1. The summed E-state index contributed by atoms with van der Waals surface area (Å²) in [7, 11) is 0. The largest absolute Gasteiger partial charge is 0.478 e. The molecule has 1 amide bonds. The van der Waals surface area contributed by atoms with Gasteiger partial charge in [0.25, 0.3) is 5.91 Å². The van der Waals surface area contributed by atoms with Crippen molar-refractivity contribution in [2.24, 2.45) is 0 Å². The van der Waals surface area contributed by atoms with Crippen molar-refractivity contribution >= 4 is 45.9 Å². The maximum absolute atomic E-state index is 12.9. The van der Waals surface area contributed by atoms with Gasteiger partial charge in [-0.25, -0.2) is 9.18 Å². The Hall–Kier alpha value is -3.11. The van der Waals surface area contributed by atoms with E-state index in [9.17, 15) is 18.8 Å². The molecule has 10 heteroatoms. The normalized spacial score (nSPS) is 10.5. The molecule has 0 unspecified atom stereocenters. The molecule has 1 heterocycles. The van der Waals surface area contributed by atoms with Crippen LogP contribution in [0.5, 0.6) is 0 Å². The summed E-state index contributed by atoms with van der Waals surface area (Å²) in [5.74, 6) is -2.36. The quantitative estimate of drug-likeness (QED) is 0.343. The Kier molecular flexibility index (Phi) is 6.12. The molecule has 0 atom stereocenters. The molecular weight excluding hydrogens is 405 g/mol. The lowest BCUT2D eigenvalue weighted by molar-refractivity contribution is 0.0692. The number of anilines is 1. The maximum atomic E-state index is 12.9. The van der Waals surface area contributed by atoms with Gasteiger partial charge in [0.2, 0.25) is 5.13 Å². The molecule has 0 radical (unpaired) electrons. The van der Waals surface area contributed by atoms with E-state index in [4.69, 9.17) is 5.11 Å². The summed E-state index contributed by atoms with van der Waals surface area (Å²) < 4.78 is 13.4. The number of halogens is 1. The second kappa shape index (κ2) is 8.72. The first-order valence-electron chi connectivity index (χ1n) is 7.83. The molecule has 2 aromatic carbocycles. The Morgan fingerprint density at radius 3 is 2.39 bits per heavy atom. The average Bonchev–Trinajstić information content (AvgIpc) is 3.14. The van der Waals surface area contributed by atoms with Gasteiger partial charge in [-0.3, -0.25) is 14.9 Å². The zero-order valence-electron chi connectivity index (χ0n) is 14.1. The van der Waals surface area contributed by atoms with Crippen molar-refractivity contribution < 1.29 is 23.9 Å². The number of carboxylic acids is 1. The van der Waals surface area contributed by atoms with Gasteiger partial charge in [-0.2, -0.15) is 0 Å². The molecule has 0 aliphatic carbocycles. The summed E-state index contributed by atoms with van der Waals surface area (Å²) in [6, 6.07) is 11.1. The number of ketones is 1. The van der Waals surface area contributed by atoms with Crippen molar-refractivity contribution in [2.45, 2.75) is 4.34 Å². The lowest BCUT2D eigenvalue weighted by Crippen LogP contribution is -2.16. The number of thioether (sulfide) groups is 1. The number of rotatable bonds is 7. The zero-order valence-corrected chi connectivity index (χ0v) is 15.7. The van der Waals surface area contributed by atoms with Gasteiger partial charge in [0.05, 0.1) is 16.9 Å². The van der Waals surface area contributed by atoms with Crippen molar-refractivity contribution in [1.82, 2.24) is 10.2 Å². The molecule has 0 fully saturated rings. The highest BCUT2D eigenvalue weighted by Crippen LogP contribution is 2.26. The van der Waals surface area contributed by atoms with E-state index >= 15 is 0 Å². The van der Waals surface area contributed by atoms with Crippen LogP contribution in [0.25, 0.3) is 0 Å². The highest BCUT2D eigenvalue weighted by molar-refractivity contribution is 8.01. The van der Waals surface area contributed by atoms with Crippen molar-refractivity contribution in [1.29, 1.82) is 0 Å². The molecule has 3 rings (SSSR count). The lowest BCUT2D eigenvalue weighted by Gasteiger charge is -2.04. The fourth-order valence-corrected chi connectivity index (χ4v) is 3.84. The number of carboxylic acid groups (broad SMARTS) is 1. The van der Waals surface area contributed by atoms with Crippen molar-refractivity contribution in [3.8, 4) is 0 Å². The third-order valence-electron chi connectivity index (χ3n) is 3.52. The average molecular weight is 417 g/mol. The van der Waals surface area contributed by atoms with Crippen LogP contribution in [0.4, 0.5) is 9.52 Å². The molecule has 0 saturated heterocycles. The monoisotopic (exact) mass is 417 g/mol. The smallest absolute Gasteiger partial charge is 0.336 e. The van der Waals surface area contributed by atoms with Gasteiger partial charge in [-0.15, -0.1) is 10.2 Å². The fourth-order valence-electron chi connectivity index (χ4n) is 2.20. The van der Waals surface area contributed by atoms with E-state index < -0.39 is 17.7 Å². The van der Waals surface area contributed by atoms with Crippen LogP contribution in [-0.2, 0) is 0 Å². The minimum atomic E-state index is -1.21. The first-order valence-corrected chi connectivity index (χ1v) is 9.63. The predicted molar refractivity (Wildman–Crippen MR) is 103 cm³/mol. The SMILES string of the molecule is O=C(CSc1nnc(NC(=O)c2ccccc2C(=O)O)s1)c1ccc(F)cc1. The predicted octanol–water partition coefficient (Wildman–Crippen LogP) is 3.60. The molecule has 142 valence electrons. The summed E-state index contributed by atoms with van der Waals surface area (Å²) in [6.07, 6.45) is 0. The number of nitrogens with zero attached hydrogens (tertiary/aromatic N) is 2. The molecule has 0 saturated carbocycles. The first kappa shape index (κ1) is 19.6. The zero-order chi connectivity index (χ0) is 20.1. The highest BCUT2D eigenvalue weighted by atomic mass is 32.2. The number of hydrogen-bond donors (Lipinski definition) is 2. The van der Waals surface area contributed by atoms with Crippen LogP contribution >= 0.6 is 23.1 Å². The van der Waals surface area contributed by atoms with E-state index in [1.165, 1.54) is 42.5 Å². The molecule has 0 aliphatic rings. The van der Waals surface area contributed by atoms with Crippen molar-refractivity contribution in [2.75, 3.05) is 11.1 Å². The highest BCUT2D eigenvalue weighted by Gasteiger charge is 2.18. The minimum Gasteiger partial charge on any atom is -0.478 e. The summed E-state index contributed by atoms with van der Waals surface area (Å²) >= 11 is 2.19. The number of carbonyl (C=O) groups is 3. The number of aromatic carboxylic acids is 1. The van der Waals surface area contributed by atoms with Crippen LogP contribution in [0, 0.1) is 5.82 Å². The molecule has 1 aromatic heterocycles. The molecule has 0 aliphatic heterocycles. The molecule has 3 aromatic rings. The number of amides is 1. The summed E-state index contributed by atoms with van der Waals surface area (Å²) in [4.78, 5) is 35.6. The van der Waals surface area contributed by atoms with Crippen molar-refractivity contribution in [3.05, 3.63) is 71.0 Å². The topological polar surface area (TPSA) is 109 Å². The standard InChI is InChI=1S/C18H12FN3O4S2/c19-11-7-5-10(6-8-11)14(23)9-27-18-22-21-17(28-18)20-15(24)12-3-1-2-4-13(12)16(25)26/h1-8H,9H2,(H,25,26)(H,20,21,24). The van der Waals surface area contributed by atoms with E-state index in [0.717, 1.165) is 23.1 Å². The van der Waals surface area contributed by atoms with E-state index in [1.54, 1.807) is 6.07 Å². The Bertz CT molecular complexity index is 1040. The Morgan fingerprint density at radius 2 is 1.71 bits per heavy atom. The van der Waals surface area contributed by atoms with E-state index in [0.29, 0.717) is 9.90 Å². The Labute approximate surface area is 166 Å². The van der Waals surface area contributed by atoms with Gasteiger partial charge in [0.1, 0.15) is 5.82 Å². The number of carbonyl (C=O) groups excluding carboxylic acids is 2. The Morgan fingerprint density at radius 1 is 1.04 bits per heavy atom. The third kappa shape index (κ3) is 4.78. The molecule has 7 nitrogen and oxygen atoms in total. The summed E-state index contributed by atoms with van der Waals surface area (Å²) in [5.41, 5.74) is 0.270.